The molecule has 0 unspecified atom stereocenters. The van der Waals surface area contributed by atoms with Crippen molar-refractivity contribution in [3.05, 3.63) is 30.0 Å². The minimum atomic E-state index is -1.44. The van der Waals surface area contributed by atoms with Crippen LogP contribution in [0.3, 0.4) is 0 Å². The Bertz CT molecular complexity index is 623. The number of hydrogen-bond acceptors (Lipinski definition) is 2. The molecule has 0 amide bonds. The molecule has 2 aromatic rings. The average Bonchev–Trinajstić information content (AvgIpc) is 2.98. The smallest absolute Gasteiger partial charge is 0.118 e. The SMILES string of the molecule is COc1ccc(-c2c([Si](C)(C)C)nn3c2CCC3)cc1. The van der Waals surface area contributed by atoms with Crippen molar-refractivity contribution >= 4 is 13.4 Å². The third-order valence-electron chi connectivity index (χ3n) is 3.93. The monoisotopic (exact) mass is 286 g/mol. The van der Waals surface area contributed by atoms with Crippen LogP contribution in [0.25, 0.3) is 11.1 Å². The predicted molar refractivity (Wildman–Crippen MR) is 85.5 cm³/mol. The van der Waals surface area contributed by atoms with Crippen LogP contribution in [0.2, 0.25) is 19.6 Å². The van der Waals surface area contributed by atoms with Gasteiger partial charge in [-0.2, -0.15) is 5.10 Å². The summed E-state index contributed by atoms with van der Waals surface area (Å²) in [5.74, 6) is 0.909. The van der Waals surface area contributed by atoms with Crippen LogP contribution < -0.4 is 10.1 Å². The predicted octanol–water partition coefficient (Wildman–Crippen LogP) is 3.05. The lowest BCUT2D eigenvalue weighted by Gasteiger charge is -2.16. The van der Waals surface area contributed by atoms with Gasteiger partial charge in [0.1, 0.15) is 13.8 Å². The number of rotatable bonds is 3. The fraction of sp³-hybridized carbons (Fsp3) is 0.438. The molecule has 0 saturated heterocycles. The number of benzene rings is 1. The van der Waals surface area contributed by atoms with Gasteiger partial charge >= 0.3 is 0 Å². The third kappa shape index (κ3) is 2.18. The fourth-order valence-electron chi connectivity index (χ4n) is 2.92. The number of nitrogens with zero attached hydrogens (tertiary/aromatic N) is 2. The summed E-state index contributed by atoms with van der Waals surface area (Å²) in [5.41, 5.74) is 4.10. The normalized spacial score (nSPS) is 14.4. The second-order valence-electron chi connectivity index (χ2n) is 6.48. The zero-order valence-corrected chi connectivity index (χ0v) is 13.7. The summed E-state index contributed by atoms with van der Waals surface area (Å²) in [6.07, 6.45) is 2.37. The zero-order valence-electron chi connectivity index (χ0n) is 12.7. The van der Waals surface area contributed by atoms with Gasteiger partial charge in [-0.05, 0) is 30.5 Å². The zero-order chi connectivity index (χ0) is 14.3. The number of ether oxygens (including phenoxy) is 1. The maximum absolute atomic E-state index is 5.26. The molecule has 1 aromatic heterocycles. The van der Waals surface area contributed by atoms with Crippen molar-refractivity contribution in [1.82, 2.24) is 9.78 Å². The lowest BCUT2D eigenvalue weighted by Crippen LogP contribution is -2.40. The molecular formula is C16H22N2OSi. The van der Waals surface area contributed by atoms with Crippen LogP contribution in [-0.4, -0.2) is 25.0 Å². The van der Waals surface area contributed by atoms with Gasteiger partial charge < -0.3 is 4.74 Å². The van der Waals surface area contributed by atoms with Crippen LogP contribution in [0.15, 0.2) is 24.3 Å². The van der Waals surface area contributed by atoms with Gasteiger partial charge in [0, 0.05) is 17.8 Å². The van der Waals surface area contributed by atoms with Gasteiger partial charge in [0.2, 0.25) is 0 Å². The lowest BCUT2D eigenvalue weighted by molar-refractivity contribution is 0.415. The highest BCUT2D eigenvalue weighted by molar-refractivity contribution is 6.89. The summed E-state index contributed by atoms with van der Waals surface area (Å²) in [6, 6.07) is 8.42. The summed E-state index contributed by atoms with van der Waals surface area (Å²) in [5, 5.41) is 6.27. The quantitative estimate of drug-likeness (QED) is 0.811. The summed E-state index contributed by atoms with van der Waals surface area (Å²) >= 11 is 0. The van der Waals surface area contributed by atoms with E-state index < -0.39 is 8.07 Å². The first-order chi connectivity index (χ1) is 9.50. The maximum atomic E-state index is 5.26. The molecule has 0 bridgehead atoms. The van der Waals surface area contributed by atoms with Crippen molar-refractivity contribution in [3.8, 4) is 16.9 Å². The Balaban J connectivity index is 2.15. The third-order valence-corrected chi connectivity index (χ3v) is 5.70. The molecule has 0 spiro atoms. The van der Waals surface area contributed by atoms with E-state index in [1.54, 1.807) is 7.11 Å². The summed E-state index contributed by atoms with van der Waals surface area (Å²) in [4.78, 5) is 0. The molecule has 0 fully saturated rings. The van der Waals surface area contributed by atoms with Crippen molar-refractivity contribution in [3.63, 3.8) is 0 Å². The molecule has 1 aliphatic heterocycles. The van der Waals surface area contributed by atoms with E-state index in [1.807, 2.05) is 12.1 Å². The molecule has 0 N–H and O–H groups in total. The lowest BCUT2D eigenvalue weighted by atomic mass is 10.0. The number of methoxy groups -OCH3 is 1. The van der Waals surface area contributed by atoms with Crippen LogP contribution in [0, 0.1) is 0 Å². The van der Waals surface area contributed by atoms with Gasteiger partial charge in [0.25, 0.3) is 0 Å². The van der Waals surface area contributed by atoms with Crippen LogP contribution in [0.1, 0.15) is 12.1 Å². The van der Waals surface area contributed by atoms with Crippen molar-refractivity contribution in [1.29, 1.82) is 0 Å². The Morgan fingerprint density at radius 2 is 1.85 bits per heavy atom. The van der Waals surface area contributed by atoms with E-state index in [4.69, 9.17) is 9.84 Å². The van der Waals surface area contributed by atoms with Crippen LogP contribution in [0.5, 0.6) is 5.75 Å². The molecule has 1 aromatic carbocycles. The Hall–Kier alpha value is -1.55. The van der Waals surface area contributed by atoms with Gasteiger partial charge in [0.05, 0.1) is 12.4 Å². The van der Waals surface area contributed by atoms with E-state index in [0.29, 0.717) is 0 Å². The largest absolute Gasteiger partial charge is 0.497 e. The van der Waals surface area contributed by atoms with E-state index in [-0.39, 0.29) is 0 Å². The first-order valence-corrected chi connectivity index (χ1v) is 10.8. The number of hydrogen-bond donors (Lipinski definition) is 0. The molecule has 3 rings (SSSR count). The Morgan fingerprint density at radius 1 is 1.15 bits per heavy atom. The van der Waals surface area contributed by atoms with Gasteiger partial charge in [-0.1, -0.05) is 31.8 Å². The molecule has 106 valence electrons. The maximum Gasteiger partial charge on any atom is 0.118 e. The first-order valence-electron chi connectivity index (χ1n) is 7.25. The second-order valence-corrected chi connectivity index (χ2v) is 11.4. The molecule has 0 atom stereocenters. The highest BCUT2D eigenvalue weighted by Crippen LogP contribution is 2.30. The van der Waals surface area contributed by atoms with Crippen LogP contribution in [-0.2, 0) is 13.0 Å². The van der Waals surface area contributed by atoms with E-state index in [2.05, 4.69) is 36.5 Å². The Kier molecular flexibility index (Phi) is 3.20. The van der Waals surface area contributed by atoms with Gasteiger partial charge in [-0.15, -0.1) is 0 Å². The molecule has 2 heterocycles. The Labute approximate surface area is 121 Å². The van der Waals surface area contributed by atoms with Crippen LogP contribution in [0.4, 0.5) is 0 Å². The number of aryl methyl sites for hydroxylation is 1. The molecule has 1 aliphatic rings. The summed E-state index contributed by atoms with van der Waals surface area (Å²) in [7, 11) is 0.270. The fourth-order valence-corrected chi connectivity index (χ4v) is 4.38. The van der Waals surface area contributed by atoms with E-state index in [9.17, 15) is 0 Å². The summed E-state index contributed by atoms with van der Waals surface area (Å²) in [6.45, 7) is 8.19. The first kappa shape index (κ1) is 13.4. The van der Waals surface area contributed by atoms with Crippen LogP contribution >= 0.6 is 0 Å². The van der Waals surface area contributed by atoms with E-state index in [0.717, 1.165) is 18.7 Å². The van der Waals surface area contributed by atoms with Gasteiger partial charge in [-0.3, -0.25) is 4.68 Å². The van der Waals surface area contributed by atoms with Crippen molar-refractivity contribution in [2.75, 3.05) is 7.11 Å². The molecule has 0 saturated carbocycles. The molecule has 0 aliphatic carbocycles. The average molecular weight is 286 g/mol. The minimum absolute atomic E-state index is 0.909. The standard InChI is InChI=1S/C16H22N2OSi/c1-19-13-9-7-12(8-10-13)15-14-6-5-11-18(14)17-16(15)20(2,3)4/h7-10H,5-6,11H2,1-4H3. The highest BCUT2D eigenvalue weighted by Gasteiger charge is 2.30. The molecule has 20 heavy (non-hydrogen) atoms. The summed E-state index contributed by atoms with van der Waals surface area (Å²) < 4.78 is 7.49. The second kappa shape index (κ2) is 4.77. The Morgan fingerprint density at radius 3 is 2.45 bits per heavy atom. The van der Waals surface area contributed by atoms with Gasteiger partial charge in [0.15, 0.2) is 0 Å². The van der Waals surface area contributed by atoms with E-state index in [1.165, 1.54) is 28.6 Å². The molecule has 4 heteroatoms. The number of aromatic nitrogens is 2. The number of fused-ring (bicyclic) bond motifs is 1. The van der Waals surface area contributed by atoms with Crippen molar-refractivity contribution < 1.29 is 4.74 Å². The highest BCUT2D eigenvalue weighted by atomic mass is 28.3. The molecular weight excluding hydrogens is 264 g/mol. The van der Waals surface area contributed by atoms with Crippen molar-refractivity contribution in [2.45, 2.75) is 39.0 Å². The molecule has 3 nitrogen and oxygen atoms in total. The topological polar surface area (TPSA) is 27.1 Å². The molecule has 0 radical (unpaired) electrons. The van der Waals surface area contributed by atoms with Crippen molar-refractivity contribution in [2.24, 2.45) is 0 Å². The van der Waals surface area contributed by atoms with Gasteiger partial charge in [-0.25, -0.2) is 0 Å². The van der Waals surface area contributed by atoms with E-state index >= 15 is 0 Å². The minimum Gasteiger partial charge on any atom is -0.497 e.